The number of aryl methyl sites for hydroxylation is 2. The molecule has 2 atom stereocenters. The summed E-state index contributed by atoms with van der Waals surface area (Å²) in [5.41, 5.74) is 22.0. The van der Waals surface area contributed by atoms with Crippen molar-refractivity contribution in [3.8, 4) is 33.4 Å². The maximum atomic E-state index is 2.61. The summed E-state index contributed by atoms with van der Waals surface area (Å²) in [6, 6.07) is 93.1. The molecule has 0 fully saturated rings. The molecule has 0 radical (unpaired) electrons. The van der Waals surface area contributed by atoms with Gasteiger partial charge in [0, 0.05) is 16.8 Å². The van der Waals surface area contributed by atoms with Gasteiger partial charge in [-0.3, -0.25) is 0 Å². The summed E-state index contributed by atoms with van der Waals surface area (Å²) in [6.07, 6.45) is 0. The standard InChI is InChI=1S/C64H47N/c1-44-35-39-50(40-36-44)63(48-22-8-4-9-23-48)57-31-14-12-27-53(57)55-29-17-33-59(61(55)63)65(52-26-16-21-47(43-52)46-19-6-3-7-20-46)60-34-18-30-56-54-28-13-15-32-58(54)64(62(56)60,49-24-10-5-11-25-49)51-41-37-45(2)38-42-51/h3-43H,1-2H3. The second-order valence-corrected chi connectivity index (χ2v) is 17.7. The molecule has 10 aromatic carbocycles. The molecular formula is C64H47N. The highest BCUT2D eigenvalue weighted by Crippen LogP contribution is 2.63. The number of fused-ring (bicyclic) bond motifs is 6. The van der Waals surface area contributed by atoms with E-state index in [1.54, 1.807) is 0 Å². The Bertz CT molecular complexity index is 3180. The largest absolute Gasteiger partial charge is 0.310 e. The Morgan fingerprint density at radius 2 is 0.662 bits per heavy atom. The monoisotopic (exact) mass is 829 g/mol. The molecule has 2 aliphatic carbocycles. The van der Waals surface area contributed by atoms with Crippen LogP contribution in [0.4, 0.5) is 17.1 Å². The number of hydrogen-bond donors (Lipinski definition) is 0. The molecule has 308 valence electrons. The number of nitrogens with zero attached hydrogens (tertiary/aromatic N) is 1. The van der Waals surface area contributed by atoms with Crippen LogP contribution in [0, 0.1) is 13.8 Å². The van der Waals surface area contributed by atoms with Crippen molar-refractivity contribution in [2.24, 2.45) is 0 Å². The normalized spacial score (nSPS) is 16.6. The van der Waals surface area contributed by atoms with E-state index in [0.29, 0.717) is 0 Å². The third-order valence-corrected chi connectivity index (χ3v) is 14.2. The van der Waals surface area contributed by atoms with Crippen LogP contribution in [0.1, 0.15) is 55.6 Å². The predicted octanol–water partition coefficient (Wildman–Crippen LogP) is 16.2. The Balaban J connectivity index is 1.25. The van der Waals surface area contributed by atoms with Crippen molar-refractivity contribution in [2.75, 3.05) is 4.90 Å². The van der Waals surface area contributed by atoms with Gasteiger partial charge in [0.25, 0.3) is 0 Å². The van der Waals surface area contributed by atoms with E-state index in [0.717, 1.165) is 17.1 Å². The quantitative estimate of drug-likeness (QED) is 0.147. The summed E-state index contributed by atoms with van der Waals surface area (Å²) in [6.45, 7) is 4.37. The van der Waals surface area contributed by atoms with Gasteiger partial charge >= 0.3 is 0 Å². The van der Waals surface area contributed by atoms with Crippen molar-refractivity contribution in [3.63, 3.8) is 0 Å². The molecule has 1 nitrogen and oxygen atoms in total. The van der Waals surface area contributed by atoms with Crippen molar-refractivity contribution in [1.82, 2.24) is 0 Å². The fourth-order valence-corrected chi connectivity index (χ4v) is 11.4. The second kappa shape index (κ2) is 15.4. The lowest BCUT2D eigenvalue weighted by Crippen LogP contribution is -2.32. The van der Waals surface area contributed by atoms with Crippen LogP contribution >= 0.6 is 0 Å². The van der Waals surface area contributed by atoms with Crippen molar-refractivity contribution < 1.29 is 0 Å². The zero-order chi connectivity index (χ0) is 43.5. The van der Waals surface area contributed by atoms with Crippen LogP contribution in [-0.4, -0.2) is 0 Å². The Labute approximate surface area is 382 Å². The Morgan fingerprint density at radius 3 is 1.14 bits per heavy atom. The molecule has 10 aromatic rings. The molecule has 12 rings (SSSR count). The Hall–Kier alpha value is -8.00. The molecule has 0 aliphatic heterocycles. The van der Waals surface area contributed by atoms with Crippen LogP contribution in [0.5, 0.6) is 0 Å². The van der Waals surface area contributed by atoms with E-state index in [-0.39, 0.29) is 0 Å². The van der Waals surface area contributed by atoms with Gasteiger partial charge in [0.15, 0.2) is 0 Å². The van der Waals surface area contributed by atoms with Crippen LogP contribution in [0.25, 0.3) is 33.4 Å². The van der Waals surface area contributed by atoms with Crippen LogP contribution in [-0.2, 0) is 10.8 Å². The maximum Gasteiger partial charge on any atom is 0.0734 e. The van der Waals surface area contributed by atoms with Gasteiger partial charge in [0.05, 0.1) is 22.2 Å². The molecule has 0 heterocycles. The summed E-state index contributed by atoms with van der Waals surface area (Å²) in [5.74, 6) is 0. The number of hydrogen-bond acceptors (Lipinski definition) is 1. The maximum absolute atomic E-state index is 2.61. The third kappa shape index (κ3) is 5.79. The van der Waals surface area contributed by atoms with Crippen LogP contribution < -0.4 is 4.90 Å². The van der Waals surface area contributed by atoms with Gasteiger partial charge in [-0.1, -0.05) is 236 Å². The van der Waals surface area contributed by atoms with Crippen LogP contribution in [0.15, 0.2) is 249 Å². The summed E-state index contributed by atoms with van der Waals surface area (Å²) in [7, 11) is 0. The summed E-state index contributed by atoms with van der Waals surface area (Å²) in [5, 5.41) is 0. The second-order valence-electron chi connectivity index (χ2n) is 17.7. The lowest BCUT2D eigenvalue weighted by Gasteiger charge is -2.40. The average Bonchev–Trinajstić information content (AvgIpc) is 3.85. The highest BCUT2D eigenvalue weighted by atomic mass is 15.2. The van der Waals surface area contributed by atoms with E-state index in [1.165, 1.54) is 89.0 Å². The van der Waals surface area contributed by atoms with Crippen molar-refractivity contribution in [1.29, 1.82) is 0 Å². The number of rotatable bonds is 8. The molecule has 0 N–H and O–H groups in total. The molecule has 0 saturated carbocycles. The molecule has 65 heavy (non-hydrogen) atoms. The number of benzene rings is 10. The first kappa shape index (κ1) is 38.7. The smallest absolute Gasteiger partial charge is 0.0734 e. The fourth-order valence-electron chi connectivity index (χ4n) is 11.4. The highest BCUT2D eigenvalue weighted by Gasteiger charge is 2.51. The lowest BCUT2D eigenvalue weighted by atomic mass is 9.66. The molecule has 1 heteroatoms. The molecule has 0 aromatic heterocycles. The third-order valence-electron chi connectivity index (χ3n) is 14.2. The van der Waals surface area contributed by atoms with Gasteiger partial charge in [-0.25, -0.2) is 0 Å². The van der Waals surface area contributed by atoms with Gasteiger partial charge in [0.1, 0.15) is 0 Å². The van der Waals surface area contributed by atoms with Gasteiger partial charge in [-0.05, 0) is 105 Å². The van der Waals surface area contributed by atoms with Gasteiger partial charge < -0.3 is 4.90 Å². The topological polar surface area (TPSA) is 3.24 Å². The minimum absolute atomic E-state index is 0.638. The molecule has 2 unspecified atom stereocenters. The summed E-state index contributed by atoms with van der Waals surface area (Å²) >= 11 is 0. The molecule has 0 bridgehead atoms. The first-order chi connectivity index (χ1) is 32.1. The van der Waals surface area contributed by atoms with Crippen LogP contribution in [0.3, 0.4) is 0 Å². The van der Waals surface area contributed by atoms with E-state index in [2.05, 4.69) is 267 Å². The minimum atomic E-state index is -0.638. The molecule has 0 amide bonds. The summed E-state index contributed by atoms with van der Waals surface area (Å²) < 4.78 is 0. The van der Waals surface area contributed by atoms with E-state index < -0.39 is 10.8 Å². The average molecular weight is 830 g/mol. The van der Waals surface area contributed by atoms with Crippen molar-refractivity contribution in [2.45, 2.75) is 24.7 Å². The molecule has 0 saturated heterocycles. The Kier molecular flexibility index (Phi) is 9.14. The molecule has 2 aliphatic rings. The lowest BCUT2D eigenvalue weighted by molar-refractivity contribution is 0.761. The summed E-state index contributed by atoms with van der Waals surface area (Å²) in [4.78, 5) is 2.61. The fraction of sp³-hybridized carbons (Fsp3) is 0.0625. The van der Waals surface area contributed by atoms with Crippen molar-refractivity contribution in [3.05, 3.63) is 304 Å². The first-order valence-electron chi connectivity index (χ1n) is 22.8. The van der Waals surface area contributed by atoms with Crippen LogP contribution in [0.2, 0.25) is 0 Å². The van der Waals surface area contributed by atoms with E-state index in [4.69, 9.17) is 0 Å². The van der Waals surface area contributed by atoms with Gasteiger partial charge in [0.2, 0.25) is 0 Å². The predicted molar refractivity (Wildman–Crippen MR) is 271 cm³/mol. The van der Waals surface area contributed by atoms with E-state index >= 15 is 0 Å². The molecular weight excluding hydrogens is 783 g/mol. The number of anilines is 3. The van der Waals surface area contributed by atoms with Gasteiger partial charge in [-0.15, -0.1) is 0 Å². The zero-order valence-electron chi connectivity index (χ0n) is 36.6. The van der Waals surface area contributed by atoms with Gasteiger partial charge in [-0.2, -0.15) is 0 Å². The van der Waals surface area contributed by atoms with E-state index in [1.807, 2.05) is 0 Å². The van der Waals surface area contributed by atoms with E-state index in [9.17, 15) is 0 Å². The Morgan fingerprint density at radius 1 is 0.292 bits per heavy atom. The first-order valence-corrected chi connectivity index (χ1v) is 22.8. The molecule has 0 spiro atoms. The van der Waals surface area contributed by atoms with Crippen molar-refractivity contribution >= 4 is 17.1 Å². The highest BCUT2D eigenvalue weighted by molar-refractivity contribution is 5.99. The zero-order valence-corrected chi connectivity index (χ0v) is 36.6. The SMILES string of the molecule is Cc1ccc(C2(c3ccccc3)c3ccccc3-c3cccc(N(c4cccc(-c5ccccc5)c4)c4cccc5c4C(c4ccccc4)(c4ccc(C)cc4)c4ccccc4-5)c32)cc1. The minimum Gasteiger partial charge on any atom is -0.310 e.